The Bertz CT molecular complexity index is 2770. The molecule has 0 radical (unpaired) electrons. The van der Waals surface area contributed by atoms with Crippen molar-refractivity contribution in [1.29, 1.82) is 0 Å². The summed E-state index contributed by atoms with van der Waals surface area (Å²) in [4.78, 5) is 15.0. The molecule has 2 heterocycles. The van der Waals surface area contributed by atoms with E-state index in [1.54, 1.807) is 0 Å². The van der Waals surface area contributed by atoms with Crippen LogP contribution in [0, 0.1) is 0 Å². The first-order chi connectivity index (χ1) is 25.2. The summed E-state index contributed by atoms with van der Waals surface area (Å²) >= 11 is 0. The molecular weight excluding hydrogens is 623 g/mol. The summed E-state index contributed by atoms with van der Waals surface area (Å²) in [5, 5.41) is 4.77. The first-order valence-electron chi connectivity index (χ1n) is 17.1. The van der Waals surface area contributed by atoms with E-state index in [1.807, 2.05) is 42.5 Å². The molecule has 0 atom stereocenters. The van der Waals surface area contributed by atoms with Crippen LogP contribution in [-0.4, -0.2) is 15.0 Å². The molecule has 0 saturated heterocycles. The molecule has 1 aliphatic heterocycles. The van der Waals surface area contributed by atoms with Gasteiger partial charge in [0.1, 0.15) is 11.5 Å². The van der Waals surface area contributed by atoms with Gasteiger partial charge in [-0.2, -0.15) is 0 Å². The predicted molar refractivity (Wildman–Crippen MR) is 208 cm³/mol. The van der Waals surface area contributed by atoms with Crippen LogP contribution in [0.4, 0.5) is 0 Å². The second-order valence-electron chi connectivity index (χ2n) is 12.9. The minimum atomic E-state index is 0.628. The Balaban J connectivity index is 1.03. The summed E-state index contributed by atoms with van der Waals surface area (Å²) < 4.78 is 6.34. The molecule has 0 N–H and O–H groups in total. The first-order valence-corrected chi connectivity index (χ1v) is 17.1. The highest BCUT2D eigenvalue weighted by Gasteiger charge is 2.20. The molecule has 1 aromatic heterocycles. The van der Waals surface area contributed by atoms with Crippen molar-refractivity contribution >= 4 is 21.5 Å². The lowest BCUT2D eigenvalue weighted by atomic mass is 9.92. The van der Waals surface area contributed by atoms with Crippen LogP contribution in [0.25, 0.3) is 89.1 Å². The zero-order valence-corrected chi connectivity index (χ0v) is 27.5. The van der Waals surface area contributed by atoms with Gasteiger partial charge in [0.05, 0.1) is 0 Å². The molecule has 0 spiro atoms. The third kappa shape index (κ3) is 5.22. The molecule has 9 aromatic rings. The normalized spacial score (nSPS) is 11.7. The Labute approximate surface area is 295 Å². The maximum atomic E-state index is 6.34. The number of rotatable bonds is 5. The van der Waals surface area contributed by atoms with Crippen molar-refractivity contribution in [1.82, 2.24) is 15.0 Å². The van der Waals surface area contributed by atoms with Crippen molar-refractivity contribution in [3.05, 3.63) is 176 Å². The SMILES string of the molecule is c1ccc(-c2nc(-c3ccc(-c4ccc5c(c4)-c4cccc6cccc(c46)O5)cc3)nc(-c3cccc(-c4ccc5ccccc5c4)c3)n2)cc1. The zero-order chi connectivity index (χ0) is 33.7. The van der Waals surface area contributed by atoms with Crippen molar-refractivity contribution in [2.24, 2.45) is 0 Å². The third-order valence-electron chi connectivity index (χ3n) is 9.70. The van der Waals surface area contributed by atoms with Crippen molar-refractivity contribution in [2.45, 2.75) is 0 Å². The lowest BCUT2D eigenvalue weighted by Gasteiger charge is -2.22. The van der Waals surface area contributed by atoms with Gasteiger partial charge < -0.3 is 4.74 Å². The van der Waals surface area contributed by atoms with Crippen molar-refractivity contribution in [3.8, 4) is 79.0 Å². The highest BCUT2D eigenvalue weighted by atomic mass is 16.5. The van der Waals surface area contributed by atoms with E-state index in [0.29, 0.717) is 17.5 Å². The number of hydrogen-bond acceptors (Lipinski definition) is 4. The van der Waals surface area contributed by atoms with E-state index < -0.39 is 0 Å². The maximum absolute atomic E-state index is 6.34. The first kappa shape index (κ1) is 29.0. The van der Waals surface area contributed by atoms with Gasteiger partial charge in [0.2, 0.25) is 0 Å². The molecule has 0 bridgehead atoms. The standard InChI is InChI=1S/C47H29N3O/c1-2-10-33(11-3-1)45-48-46(50-47(49-45)39-16-6-15-36(28-39)37-24-21-30-9-4-5-12-35(30)27-37)34-22-19-31(20-23-34)38-25-26-42-41(29-38)40-17-7-13-32-14-8-18-43(51-42)44(32)40/h1-29H. The zero-order valence-electron chi connectivity index (χ0n) is 27.5. The van der Waals surface area contributed by atoms with Gasteiger partial charge in [0, 0.05) is 27.6 Å². The van der Waals surface area contributed by atoms with E-state index >= 15 is 0 Å². The van der Waals surface area contributed by atoms with Gasteiger partial charge in [-0.25, -0.2) is 15.0 Å². The Morgan fingerprint density at radius 3 is 1.67 bits per heavy atom. The Hall–Kier alpha value is -6.91. The number of ether oxygens (including phenoxy) is 1. The van der Waals surface area contributed by atoms with E-state index in [4.69, 9.17) is 19.7 Å². The average Bonchev–Trinajstić information content (AvgIpc) is 3.21. The van der Waals surface area contributed by atoms with Crippen molar-refractivity contribution < 1.29 is 4.74 Å². The van der Waals surface area contributed by atoms with Crippen LogP contribution in [0.3, 0.4) is 0 Å². The van der Waals surface area contributed by atoms with Gasteiger partial charge in [-0.3, -0.25) is 0 Å². The fourth-order valence-corrected chi connectivity index (χ4v) is 7.11. The molecule has 4 heteroatoms. The van der Waals surface area contributed by atoms with Gasteiger partial charge in [0.15, 0.2) is 17.5 Å². The summed E-state index contributed by atoms with van der Waals surface area (Å²) in [5.41, 5.74) is 9.58. The van der Waals surface area contributed by atoms with Crippen LogP contribution in [0.15, 0.2) is 176 Å². The molecule has 8 aromatic carbocycles. The van der Waals surface area contributed by atoms with Crippen LogP contribution in [0.5, 0.6) is 11.5 Å². The van der Waals surface area contributed by atoms with Crippen molar-refractivity contribution in [2.75, 3.05) is 0 Å². The van der Waals surface area contributed by atoms with Crippen LogP contribution in [0.2, 0.25) is 0 Å². The molecule has 0 unspecified atom stereocenters. The Kier molecular flexibility index (Phi) is 6.78. The van der Waals surface area contributed by atoms with Gasteiger partial charge in [-0.15, -0.1) is 0 Å². The molecule has 51 heavy (non-hydrogen) atoms. The summed E-state index contributed by atoms with van der Waals surface area (Å²) in [7, 11) is 0. The Morgan fingerprint density at radius 1 is 0.294 bits per heavy atom. The molecule has 0 saturated carbocycles. The topological polar surface area (TPSA) is 47.9 Å². The smallest absolute Gasteiger partial charge is 0.164 e. The molecule has 10 rings (SSSR count). The van der Waals surface area contributed by atoms with E-state index in [0.717, 1.165) is 61.4 Å². The van der Waals surface area contributed by atoms with E-state index in [2.05, 4.69) is 133 Å². The predicted octanol–water partition coefficient (Wildman–Crippen LogP) is 12.3. The molecule has 4 nitrogen and oxygen atoms in total. The minimum absolute atomic E-state index is 0.628. The van der Waals surface area contributed by atoms with E-state index in [1.165, 1.54) is 21.7 Å². The van der Waals surface area contributed by atoms with Gasteiger partial charge in [-0.05, 0) is 74.3 Å². The second-order valence-corrected chi connectivity index (χ2v) is 12.9. The van der Waals surface area contributed by atoms with Crippen LogP contribution in [0.1, 0.15) is 0 Å². The lowest BCUT2D eigenvalue weighted by Crippen LogP contribution is -2.00. The molecule has 0 fully saturated rings. The number of fused-ring (bicyclic) bond motifs is 3. The highest BCUT2D eigenvalue weighted by molar-refractivity contribution is 6.04. The Morgan fingerprint density at radius 2 is 0.843 bits per heavy atom. The average molecular weight is 652 g/mol. The highest BCUT2D eigenvalue weighted by Crippen LogP contribution is 2.47. The maximum Gasteiger partial charge on any atom is 0.164 e. The van der Waals surface area contributed by atoms with Gasteiger partial charge in [-0.1, -0.05) is 146 Å². The van der Waals surface area contributed by atoms with E-state index in [9.17, 15) is 0 Å². The van der Waals surface area contributed by atoms with Crippen molar-refractivity contribution in [3.63, 3.8) is 0 Å². The number of nitrogens with zero attached hydrogens (tertiary/aromatic N) is 3. The summed E-state index contributed by atoms with van der Waals surface area (Å²) in [6.07, 6.45) is 0. The molecule has 0 amide bonds. The quantitative estimate of drug-likeness (QED) is 0.186. The van der Waals surface area contributed by atoms with E-state index in [-0.39, 0.29) is 0 Å². The summed E-state index contributed by atoms with van der Waals surface area (Å²) in [5.74, 6) is 3.68. The molecule has 1 aliphatic rings. The largest absolute Gasteiger partial charge is 0.456 e. The fourth-order valence-electron chi connectivity index (χ4n) is 7.11. The number of benzene rings is 8. The number of hydrogen-bond donors (Lipinski definition) is 0. The number of aromatic nitrogens is 3. The van der Waals surface area contributed by atoms with Gasteiger partial charge in [0.25, 0.3) is 0 Å². The van der Waals surface area contributed by atoms with Crippen LogP contribution >= 0.6 is 0 Å². The third-order valence-corrected chi connectivity index (χ3v) is 9.70. The molecule has 238 valence electrons. The summed E-state index contributed by atoms with van der Waals surface area (Å²) in [6, 6.07) is 61.1. The molecular formula is C47H29N3O. The van der Waals surface area contributed by atoms with Crippen LogP contribution in [-0.2, 0) is 0 Å². The van der Waals surface area contributed by atoms with Crippen LogP contribution < -0.4 is 4.74 Å². The summed E-state index contributed by atoms with van der Waals surface area (Å²) in [6.45, 7) is 0. The lowest BCUT2D eigenvalue weighted by molar-refractivity contribution is 0.487. The minimum Gasteiger partial charge on any atom is -0.456 e. The van der Waals surface area contributed by atoms with Gasteiger partial charge >= 0.3 is 0 Å². The monoisotopic (exact) mass is 651 g/mol. The fraction of sp³-hybridized carbons (Fsp3) is 0. The second kappa shape index (κ2) is 11.9. The molecule has 0 aliphatic carbocycles.